The predicted octanol–water partition coefficient (Wildman–Crippen LogP) is 6.37. The molecule has 0 saturated heterocycles. The van der Waals surface area contributed by atoms with Crippen molar-refractivity contribution in [3.63, 3.8) is 0 Å². The molecule has 0 aliphatic carbocycles. The molecule has 1 aliphatic heterocycles. The van der Waals surface area contributed by atoms with E-state index in [1.165, 1.54) is 0 Å². The first-order valence-electron chi connectivity index (χ1n) is 12.2. The first-order chi connectivity index (χ1) is 18.3. The molecule has 0 fully saturated rings. The number of methoxy groups -OCH3 is 1. The summed E-state index contributed by atoms with van der Waals surface area (Å²) in [7, 11) is 1.57. The lowest BCUT2D eigenvalue weighted by atomic mass is 9.93. The number of rotatable bonds is 8. The highest BCUT2D eigenvalue weighted by molar-refractivity contribution is 6.31. The first kappa shape index (κ1) is 25.4. The SMILES string of the molecule is C=CCOc1ccc(C2c3c(-c4c(C)cc(C)cc4O)n[nH]c3C(=O)N2Cc2ccccc2Cl)cc1OC. The Kier molecular flexibility index (Phi) is 6.87. The van der Waals surface area contributed by atoms with E-state index in [1.807, 2.05) is 56.3 Å². The van der Waals surface area contributed by atoms with Crippen LogP contribution in [-0.2, 0) is 6.54 Å². The van der Waals surface area contributed by atoms with Gasteiger partial charge < -0.3 is 19.5 Å². The number of fused-ring (bicyclic) bond motifs is 1. The summed E-state index contributed by atoms with van der Waals surface area (Å²) in [6.45, 7) is 8.16. The van der Waals surface area contributed by atoms with Gasteiger partial charge in [-0.2, -0.15) is 5.10 Å². The van der Waals surface area contributed by atoms with Crippen LogP contribution in [0.5, 0.6) is 17.2 Å². The fraction of sp³-hybridized carbons (Fsp3) is 0.200. The topological polar surface area (TPSA) is 87.7 Å². The maximum absolute atomic E-state index is 13.8. The zero-order valence-corrected chi connectivity index (χ0v) is 22.2. The molecule has 0 bridgehead atoms. The minimum Gasteiger partial charge on any atom is -0.507 e. The summed E-state index contributed by atoms with van der Waals surface area (Å²) in [5.41, 5.74) is 5.60. The number of aromatic hydroxyl groups is 1. The van der Waals surface area contributed by atoms with Crippen LogP contribution in [0.4, 0.5) is 0 Å². The minimum absolute atomic E-state index is 0.110. The van der Waals surface area contributed by atoms with E-state index in [4.69, 9.17) is 21.1 Å². The van der Waals surface area contributed by atoms with E-state index in [0.29, 0.717) is 45.6 Å². The highest BCUT2D eigenvalue weighted by Gasteiger charge is 2.43. The second-order valence-electron chi connectivity index (χ2n) is 9.27. The summed E-state index contributed by atoms with van der Waals surface area (Å²) >= 11 is 6.49. The number of hydrogen-bond donors (Lipinski definition) is 2. The monoisotopic (exact) mass is 529 g/mol. The number of aromatic amines is 1. The zero-order chi connectivity index (χ0) is 27.0. The number of H-pyrrole nitrogens is 1. The summed E-state index contributed by atoms with van der Waals surface area (Å²) in [4.78, 5) is 15.6. The first-order valence-corrected chi connectivity index (χ1v) is 12.6. The second kappa shape index (κ2) is 10.3. The number of aryl methyl sites for hydroxylation is 2. The van der Waals surface area contributed by atoms with Gasteiger partial charge in [0.05, 0.1) is 13.2 Å². The van der Waals surface area contributed by atoms with Gasteiger partial charge in [-0.15, -0.1) is 0 Å². The molecule has 4 aromatic rings. The highest BCUT2D eigenvalue weighted by Crippen LogP contribution is 2.47. The normalized spacial score (nSPS) is 14.5. The Morgan fingerprint density at radius 2 is 1.95 bits per heavy atom. The van der Waals surface area contributed by atoms with E-state index in [0.717, 1.165) is 22.3 Å². The molecular formula is C30H28ClN3O4. The van der Waals surface area contributed by atoms with Crippen LogP contribution in [0.25, 0.3) is 11.3 Å². The average molecular weight is 530 g/mol. The molecule has 38 heavy (non-hydrogen) atoms. The van der Waals surface area contributed by atoms with Gasteiger partial charge in [0.15, 0.2) is 11.5 Å². The van der Waals surface area contributed by atoms with Gasteiger partial charge in [-0.1, -0.05) is 54.6 Å². The molecule has 5 rings (SSSR count). The van der Waals surface area contributed by atoms with E-state index >= 15 is 0 Å². The fourth-order valence-corrected chi connectivity index (χ4v) is 5.28. The number of carbonyl (C=O) groups is 1. The molecule has 1 unspecified atom stereocenters. The van der Waals surface area contributed by atoms with Crippen molar-refractivity contribution in [1.82, 2.24) is 15.1 Å². The number of phenols is 1. The van der Waals surface area contributed by atoms with Crippen LogP contribution in [0.15, 0.2) is 67.3 Å². The Balaban J connectivity index is 1.69. The molecule has 0 spiro atoms. The molecule has 1 aromatic heterocycles. The van der Waals surface area contributed by atoms with Crippen LogP contribution in [0.2, 0.25) is 5.02 Å². The summed E-state index contributed by atoms with van der Waals surface area (Å²) in [6, 6.07) is 16.2. The van der Waals surface area contributed by atoms with Gasteiger partial charge in [-0.3, -0.25) is 9.89 Å². The lowest BCUT2D eigenvalue weighted by Gasteiger charge is -2.27. The molecule has 0 radical (unpaired) electrons. The van der Waals surface area contributed by atoms with Gasteiger partial charge in [-0.25, -0.2) is 0 Å². The van der Waals surface area contributed by atoms with Crippen molar-refractivity contribution < 1.29 is 19.4 Å². The van der Waals surface area contributed by atoms with Crippen LogP contribution in [0.3, 0.4) is 0 Å². The Bertz CT molecular complexity index is 1520. The molecule has 1 aliphatic rings. The number of nitrogens with zero attached hydrogens (tertiary/aromatic N) is 2. The molecule has 2 heterocycles. The molecule has 1 amide bonds. The van der Waals surface area contributed by atoms with Crippen LogP contribution in [0, 0.1) is 13.8 Å². The van der Waals surface area contributed by atoms with E-state index in [1.54, 1.807) is 30.2 Å². The standard InChI is InChI=1S/C30H28ClN3O4/c1-5-12-38-23-11-10-19(15-24(23)37-4)29-26-27(25-18(3)13-17(2)14-22(25)35)32-33-28(26)30(36)34(29)16-20-8-6-7-9-21(20)31/h5-11,13-15,29,35H,1,12,16H2,2-4H3,(H,32,33). The molecule has 2 N–H and O–H groups in total. The quantitative estimate of drug-likeness (QED) is 0.259. The van der Waals surface area contributed by atoms with Crippen molar-refractivity contribution in [3.05, 3.63) is 106 Å². The third kappa shape index (κ3) is 4.39. The Morgan fingerprint density at radius 3 is 2.66 bits per heavy atom. The van der Waals surface area contributed by atoms with E-state index in [9.17, 15) is 9.90 Å². The number of aromatic nitrogens is 2. The number of halogens is 1. The molecule has 7 nitrogen and oxygen atoms in total. The van der Waals surface area contributed by atoms with E-state index < -0.39 is 6.04 Å². The smallest absolute Gasteiger partial charge is 0.273 e. The number of nitrogens with one attached hydrogen (secondary N) is 1. The number of ether oxygens (including phenoxy) is 2. The van der Waals surface area contributed by atoms with Gasteiger partial charge in [0, 0.05) is 22.7 Å². The number of amides is 1. The van der Waals surface area contributed by atoms with Crippen LogP contribution in [-0.4, -0.2) is 39.8 Å². The van der Waals surface area contributed by atoms with E-state index in [2.05, 4.69) is 16.8 Å². The van der Waals surface area contributed by atoms with Crippen LogP contribution in [0.1, 0.15) is 44.3 Å². The number of carbonyl (C=O) groups excluding carboxylic acids is 1. The molecule has 1 atom stereocenters. The number of hydrogen-bond acceptors (Lipinski definition) is 5. The Labute approximate surface area is 226 Å². The van der Waals surface area contributed by atoms with Gasteiger partial charge in [-0.05, 0) is 60.4 Å². The molecule has 0 saturated carbocycles. The number of benzene rings is 3. The Hall–Kier alpha value is -4.23. The maximum atomic E-state index is 13.8. The zero-order valence-electron chi connectivity index (χ0n) is 21.4. The molecule has 3 aromatic carbocycles. The van der Waals surface area contributed by atoms with Crippen LogP contribution < -0.4 is 9.47 Å². The van der Waals surface area contributed by atoms with Crippen LogP contribution >= 0.6 is 11.6 Å². The fourth-order valence-electron chi connectivity index (χ4n) is 5.08. The third-order valence-electron chi connectivity index (χ3n) is 6.72. The Morgan fingerprint density at radius 1 is 1.16 bits per heavy atom. The van der Waals surface area contributed by atoms with Crippen molar-refractivity contribution in [2.75, 3.05) is 13.7 Å². The summed E-state index contributed by atoms with van der Waals surface area (Å²) in [6.07, 6.45) is 1.66. The van der Waals surface area contributed by atoms with Crippen molar-refractivity contribution in [1.29, 1.82) is 0 Å². The molecular weight excluding hydrogens is 502 g/mol. The van der Waals surface area contributed by atoms with Crippen molar-refractivity contribution in [3.8, 4) is 28.5 Å². The highest BCUT2D eigenvalue weighted by atomic mass is 35.5. The largest absolute Gasteiger partial charge is 0.507 e. The van der Waals surface area contributed by atoms with Gasteiger partial charge in [0.25, 0.3) is 5.91 Å². The third-order valence-corrected chi connectivity index (χ3v) is 7.09. The van der Waals surface area contributed by atoms with Crippen molar-refractivity contribution in [2.24, 2.45) is 0 Å². The molecule has 194 valence electrons. The second-order valence-corrected chi connectivity index (χ2v) is 9.68. The maximum Gasteiger partial charge on any atom is 0.273 e. The van der Waals surface area contributed by atoms with Crippen molar-refractivity contribution in [2.45, 2.75) is 26.4 Å². The lowest BCUT2D eigenvalue weighted by molar-refractivity contribution is 0.0730. The van der Waals surface area contributed by atoms with Crippen molar-refractivity contribution >= 4 is 17.5 Å². The van der Waals surface area contributed by atoms with E-state index in [-0.39, 0.29) is 18.2 Å². The number of phenolic OH excluding ortho intramolecular Hbond substituents is 1. The lowest BCUT2D eigenvalue weighted by Crippen LogP contribution is -2.29. The van der Waals surface area contributed by atoms with Gasteiger partial charge in [0.2, 0.25) is 0 Å². The summed E-state index contributed by atoms with van der Waals surface area (Å²) in [5.74, 6) is 0.998. The summed E-state index contributed by atoms with van der Waals surface area (Å²) < 4.78 is 11.4. The van der Waals surface area contributed by atoms with Gasteiger partial charge in [0.1, 0.15) is 23.7 Å². The molecule has 8 heteroatoms. The average Bonchev–Trinajstić information content (AvgIpc) is 3.42. The van der Waals surface area contributed by atoms with Gasteiger partial charge >= 0.3 is 0 Å². The summed E-state index contributed by atoms with van der Waals surface area (Å²) in [5, 5.41) is 19.0. The minimum atomic E-state index is -0.523. The predicted molar refractivity (Wildman–Crippen MR) is 147 cm³/mol.